The molecule has 2 saturated heterocycles. The highest BCUT2D eigenvalue weighted by atomic mass is 32.1. The topological polar surface area (TPSA) is 117 Å². The van der Waals surface area contributed by atoms with E-state index in [0.717, 1.165) is 60.4 Å². The Morgan fingerprint density at radius 1 is 1.08 bits per heavy atom. The summed E-state index contributed by atoms with van der Waals surface area (Å²) in [7, 11) is 1.69. The van der Waals surface area contributed by atoms with Crippen LogP contribution in [0, 0.1) is 11.8 Å². The highest BCUT2D eigenvalue weighted by Crippen LogP contribution is 2.33. The van der Waals surface area contributed by atoms with Gasteiger partial charge in [-0.05, 0) is 133 Å². The molecule has 11 nitrogen and oxygen atoms in total. The Balaban J connectivity index is 1.80. The first-order valence-corrected chi connectivity index (χ1v) is 23.7. The van der Waals surface area contributed by atoms with Crippen LogP contribution in [0.25, 0.3) is 0 Å². The number of aliphatic imine (C=N–C) groups is 2. The highest BCUT2D eigenvalue weighted by Gasteiger charge is 2.35. The van der Waals surface area contributed by atoms with Crippen LogP contribution in [0.15, 0.2) is 104 Å². The van der Waals surface area contributed by atoms with Crippen molar-refractivity contribution in [3.8, 4) is 0 Å². The van der Waals surface area contributed by atoms with Crippen molar-refractivity contribution >= 4 is 36.7 Å². The molecule has 3 rings (SSSR count). The average molecular weight is 925 g/mol. The highest BCUT2D eigenvalue weighted by molar-refractivity contribution is 7.78. The SMILES string of the molecule is C=C(C=CC(=CC)C1=CC=C(C(C=C(CC)NC(=NC2COC2)C(C)C(C)CCCN(S)C(=O)OC(C)(C)C)=CCC)CC=C1C(F)F)CNC(=NC)C1CCCN1C(=O)OC(C)(C)C. The van der Waals surface area contributed by atoms with Crippen molar-refractivity contribution in [2.75, 3.05) is 39.9 Å². The quantitative estimate of drug-likeness (QED) is 0.0511. The molecule has 0 bridgehead atoms. The Morgan fingerprint density at radius 2 is 1.77 bits per heavy atom. The summed E-state index contributed by atoms with van der Waals surface area (Å²) in [5.41, 5.74) is 3.44. The molecule has 2 amide bonds. The van der Waals surface area contributed by atoms with E-state index in [4.69, 9.17) is 19.2 Å². The molecule has 0 saturated carbocycles. The van der Waals surface area contributed by atoms with Crippen molar-refractivity contribution in [1.82, 2.24) is 19.8 Å². The van der Waals surface area contributed by atoms with Crippen molar-refractivity contribution in [2.45, 2.75) is 151 Å². The first-order chi connectivity index (χ1) is 30.6. The van der Waals surface area contributed by atoms with Gasteiger partial charge in [-0.1, -0.05) is 89.6 Å². The Bertz CT molecular complexity index is 1930. The van der Waals surface area contributed by atoms with Crippen molar-refractivity contribution in [1.29, 1.82) is 0 Å². The number of alkyl halides is 2. The molecule has 0 aromatic rings. The number of hydrogen-bond donors (Lipinski definition) is 3. The van der Waals surface area contributed by atoms with E-state index in [9.17, 15) is 18.4 Å². The summed E-state index contributed by atoms with van der Waals surface area (Å²) < 4.78 is 47.6. The fourth-order valence-corrected chi connectivity index (χ4v) is 7.62. The predicted octanol–water partition coefficient (Wildman–Crippen LogP) is 11.7. The largest absolute Gasteiger partial charge is 0.444 e. The molecule has 362 valence electrons. The lowest BCUT2D eigenvalue weighted by Crippen LogP contribution is -2.48. The fraction of sp³-hybridized carbons (Fsp3) is 0.608. The summed E-state index contributed by atoms with van der Waals surface area (Å²) in [4.78, 5) is 36.7. The third-order valence-electron chi connectivity index (χ3n) is 11.2. The van der Waals surface area contributed by atoms with E-state index < -0.39 is 23.7 Å². The minimum absolute atomic E-state index is 0.0256. The average Bonchev–Trinajstić information content (AvgIpc) is 3.59. The zero-order valence-electron chi connectivity index (χ0n) is 41.2. The van der Waals surface area contributed by atoms with E-state index in [2.05, 4.69) is 74.9 Å². The normalized spacial score (nSPS) is 19.6. The van der Waals surface area contributed by atoms with Gasteiger partial charge < -0.3 is 24.8 Å². The number of rotatable bonds is 19. The molecule has 1 aliphatic carbocycles. The summed E-state index contributed by atoms with van der Waals surface area (Å²) in [5.74, 6) is 1.85. The predicted molar refractivity (Wildman–Crippen MR) is 266 cm³/mol. The minimum atomic E-state index is -2.68. The van der Waals surface area contributed by atoms with E-state index in [-0.39, 0.29) is 35.6 Å². The molecule has 14 heteroatoms. The van der Waals surface area contributed by atoms with Gasteiger partial charge in [-0.3, -0.25) is 19.2 Å². The maximum atomic E-state index is 14.9. The molecule has 65 heavy (non-hydrogen) atoms. The molecule has 2 aliphatic heterocycles. The second-order valence-electron chi connectivity index (χ2n) is 18.9. The van der Waals surface area contributed by atoms with Gasteiger partial charge in [0.25, 0.3) is 6.43 Å². The molecule has 3 aliphatic rings. The monoisotopic (exact) mass is 925 g/mol. The molecule has 3 unspecified atom stereocenters. The zero-order valence-corrected chi connectivity index (χ0v) is 42.1. The van der Waals surface area contributed by atoms with Crippen LogP contribution in [0.4, 0.5) is 18.4 Å². The van der Waals surface area contributed by atoms with Gasteiger partial charge in [-0.2, -0.15) is 0 Å². The van der Waals surface area contributed by atoms with Crippen LogP contribution < -0.4 is 10.6 Å². The number of nitrogens with zero attached hydrogens (tertiary/aromatic N) is 4. The van der Waals surface area contributed by atoms with Crippen LogP contribution in [0.3, 0.4) is 0 Å². The van der Waals surface area contributed by atoms with Crippen LogP contribution in [0.1, 0.15) is 121 Å². The number of halogens is 2. The summed E-state index contributed by atoms with van der Waals surface area (Å²) in [5, 5.41) is 7.04. The van der Waals surface area contributed by atoms with Crippen LogP contribution >= 0.6 is 12.8 Å². The maximum Gasteiger partial charge on any atom is 0.420 e. The van der Waals surface area contributed by atoms with Gasteiger partial charge in [0.2, 0.25) is 0 Å². The number of amides is 2. The molecule has 0 spiro atoms. The van der Waals surface area contributed by atoms with E-state index in [1.54, 1.807) is 24.1 Å². The summed E-state index contributed by atoms with van der Waals surface area (Å²) in [6.07, 6.45) is 16.6. The van der Waals surface area contributed by atoms with Gasteiger partial charge in [-0.15, -0.1) is 0 Å². The number of carbonyl (C=O) groups is 2. The number of allylic oxidation sites excluding steroid dienone is 13. The number of carbonyl (C=O) groups excluding carboxylic acids is 2. The number of likely N-dealkylation sites (tertiary alicyclic amines) is 1. The first kappa shape index (κ1) is 54.9. The third kappa shape index (κ3) is 18.1. The van der Waals surface area contributed by atoms with Crippen molar-refractivity contribution in [2.24, 2.45) is 21.8 Å². The molecular formula is C51H78F2N6O5S. The van der Waals surface area contributed by atoms with Gasteiger partial charge in [0.1, 0.15) is 22.9 Å². The van der Waals surface area contributed by atoms with E-state index in [0.29, 0.717) is 62.7 Å². The first-order valence-electron chi connectivity index (χ1n) is 23.3. The second kappa shape index (κ2) is 26.0. The van der Waals surface area contributed by atoms with E-state index in [1.807, 2.05) is 72.8 Å². The van der Waals surface area contributed by atoms with Gasteiger partial charge >= 0.3 is 12.2 Å². The molecule has 3 atom stereocenters. The zero-order chi connectivity index (χ0) is 48.5. The summed E-state index contributed by atoms with van der Waals surface area (Å²) in [6.45, 7) is 28.2. The van der Waals surface area contributed by atoms with E-state index >= 15 is 0 Å². The lowest BCUT2D eigenvalue weighted by molar-refractivity contribution is 0.0129. The van der Waals surface area contributed by atoms with Gasteiger partial charge in [-0.25, -0.2) is 18.4 Å². The third-order valence-corrected chi connectivity index (χ3v) is 11.6. The number of nitrogens with one attached hydrogen (secondary N) is 2. The lowest BCUT2D eigenvalue weighted by Gasteiger charge is -2.29. The van der Waals surface area contributed by atoms with Crippen LogP contribution in [0.5, 0.6) is 0 Å². The molecule has 0 radical (unpaired) electrons. The Kier molecular flexibility index (Phi) is 22.0. The van der Waals surface area contributed by atoms with Gasteiger partial charge in [0.15, 0.2) is 0 Å². The molecule has 0 aromatic carbocycles. The van der Waals surface area contributed by atoms with Crippen LogP contribution in [-0.4, -0.2) is 103 Å². The molecule has 2 heterocycles. The second-order valence-corrected chi connectivity index (χ2v) is 19.4. The van der Waals surface area contributed by atoms with Crippen molar-refractivity contribution in [3.63, 3.8) is 0 Å². The lowest BCUT2D eigenvalue weighted by atomic mass is 9.90. The van der Waals surface area contributed by atoms with E-state index in [1.165, 1.54) is 4.31 Å². The smallest absolute Gasteiger partial charge is 0.420 e. The number of ether oxygens (including phenoxy) is 3. The minimum Gasteiger partial charge on any atom is -0.444 e. The molecular weight excluding hydrogens is 847 g/mol. The standard InChI is InChI=1S/C51H78F2N6O5S/c1-14-19-39(30-40(16-3)56-46(57-41-32-62-33-41)36(6)35(5)20-17-29-59(65)49(61)64-51(10,11)12)38-24-26-42(43(27-25-38)45(52)53)37(15-2)23-22-34(4)31-55-47(54-13)44-21-18-28-58(44)48(60)63-50(7,8)9/h15,19,22-24,26-27,30,35-36,41,44-45,65H,4,14,16-18,20-21,25,28-29,31-33H2,1-3,5-13H3,(H,54,55)(H,56,57). The summed E-state index contributed by atoms with van der Waals surface area (Å²) in [6, 6.07) is -0.161. The summed E-state index contributed by atoms with van der Waals surface area (Å²) >= 11 is 4.37. The Hall–Kier alpha value is -4.43. The van der Waals surface area contributed by atoms with Gasteiger partial charge in [0.05, 0.1) is 25.3 Å². The Labute approximate surface area is 394 Å². The Morgan fingerprint density at radius 3 is 2.34 bits per heavy atom. The van der Waals surface area contributed by atoms with Crippen molar-refractivity contribution < 1.29 is 32.6 Å². The number of amidine groups is 2. The molecule has 2 N–H and O–H groups in total. The fourth-order valence-electron chi connectivity index (χ4n) is 7.44. The molecule has 0 aromatic heterocycles. The van der Waals surface area contributed by atoms with Gasteiger partial charge in [0, 0.05) is 43.9 Å². The maximum absolute atomic E-state index is 14.9. The van der Waals surface area contributed by atoms with Crippen LogP contribution in [-0.2, 0) is 14.2 Å². The number of thiol groups is 1. The van der Waals surface area contributed by atoms with Crippen LogP contribution in [0.2, 0.25) is 0 Å². The molecule has 2 fully saturated rings. The van der Waals surface area contributed by atoms with Crippen molar-refractivity contribution in [3.05, 3.63) is 94.3 Å². The number of hydrogen-bond acceptors (Lipinski definition) is 8.